The molecule has 1 aliphatic rings. The highest BCUT2D eigenvalue weighted by molar-refractivity contribution is 7.99. The van der Waals surface area contributed by atoms with Crippen LogP contribution >= 0.6 is 11.8 Å². The Hall–Kier alpha value is -1.43. The molecule has 0 aromatic carbocycles. The van der Waals surface area contributed by atoms with Crippen LogP contribution in [-0.2, 0) is 11.3 Å². The maximum atomic E-state index is 12.1. The van der Waals surface area contributed by atoms with Crippen molar-refractivity contribution in [3.05, 3.63) is 28.7 Å². The van der Waals surface area contributed by atoms with Gasteiger partial charge < -0.3 is 15.6 Å². The van der Waals surface area contributed by atoms with E-state index in [1.54, 1.807) is 17.8 Å². The summed E-state index contributed by atoms with van der Waals surface area (Å²) in [4.78, 5) is 23.7. The fourth-order valence-corrected chi connectivity index (χ4v) is 3.56. The molecule has 2 atom stereocenters. The molecule has 6 heteroatoms. The molecule has 20 heavy (non-hydrogen) atoms. The van der Waals surface area contributed by atoms with Crippen molar-refractivity contribution in [3.8, 4) is 0 Å². The van der Waals surface area contributed by atoms with Gasteiger partial charge in [0.15, 0.2) is 0 Å². The predicted octanol–water partition coefficient (Wildman–Crippen LogP) is 1.22. The number of rotatable bonds is 4. The molecule has 3 N–H and O–H groups in total. The Morgan fingerprint density at radius 2 is 2.20 bits per heavy atom. The average Bonchev–Trinajstić information content (AvgIpc) is 2.43. The number of amides is 1. The SMILES string of the molecule is CSC1CCCCC1NC(=O)Cn1cc(N)ccc1=O. The largest absolute Gasteiger partial charge is 0.398 e. The summed E-state index contributed by atoms with van der Waals surface area (Å²) < 4.78 is 1.35. The standard InChI is InChI=1S/C14H21N3O2S/c1-20-12-5-3-2-4-11(12)16-13(18)9-17-8-10(15)6-7-14(17)19/h6-8,11-12H,2-5,9,15H2,1H3,(H,16,18). The molecule has 110 valence electrons. The summed E-state index contributed by atoms with van der Waals surface area (Å²) in [6, 6.07) is 3.14. The summed E-state index contributed by atoms with van der Waals surface area (Å²) in [6.45, 7) is 0.0292. The van der Waals surface area contributed by atoms with Crippen LogP contribution in [0.1, 0.15) is 25.7 Å². The summed E-state index contributed by atoms with van der Waals surface area (Å²) in [5, 5.41) is 3.53. The van der Waals surface area contributed by atoms with Gasteiger partial charge >= 0.3 is 0 Å². The van der Waals surface area contributed by atoms with Gasteiger partial charge in [0.1, 0.15) is 6.54 Å². The molecule has 5 nitrogen and oxygen atoms in total. The molecule has 0 radical (unpaired) electrons. The normalized spacial score (nSPS) is 22.4. The number of nitrogens with zero attached hydrogens (tertiary/aromatic N) is 1. The predicted molar refractivity (Wildman–Crippen MR) is 82.8 cm³/mol. The molecule has 2 rings (SSSR count). The lowest BCUT2D eigenvalue weighted by Crippen LogP contribution is -2.45. The first-order chi connectivity index (χ1) is 9.60. The van der Waals surface area contributed by atoms with Crippen LogP contribution < -0.4 is 16.6 Å². The molecule has 1 amide bonds. The van der Waals surface area contributed by atoms with Crippen molar-refractivity contribution in [2.75, 3.05) is 12.0 Å². The van der Waals surface area contributed by atoms with Crippen LogP contribution in [0.5, 0.6) is 0 Å². The van der Waals surface area contributed by atoms with E-state index in [1.807, 2.05) is 0 Å². The minimum absolute atomic E-state index is 0.0292. The lowest BCUT2D eigenvalue weighted by Gasteiger charge is -2.31. The second-order valence-corrected chi connectivity index (χ2v) is 6.24. The minimum atomic E-state index is -0.209. The van der Waals surface area contributed by atoms with Gasteiger partial charge in [0.05, 0.1) is 0 Å². The van der Waals surface area contributed by atoms with Gasteiger partial charge in [0, 0.05) is 29.2 Å². The Morgan fingerprint density at radius 1 is 1.45 bits per heavy atom. The van der Waals surface area contributed by atoms with Crippen LogP contribution in [0.25, 0.3) is 0 Å². The summed E-state index contributed by atoms with van der Waals surface area (Å²) in [5.74, 6) is -0.122. The fraction of sp³-hybridized carbons (Fsp3) is 0.571. The van der Waals surface area contributed by atoms with Gasteiger partial charge in [-0.15, -0.1) is 0 Å². The van der Waals surface area contributed by atoms with Crippen molar-refractivity contribution >= 4 is 23.4 Å². The number of nitrogens with two attached hydrogens (primary N) is 1. The Bertz CT molecular complexity index is 529. The van der Waals surface area contributed by atoms with Gasteiger partial charge in [-0.3, -0.25) is 9.59 Å². The lowest BCUT2D eigenvalue weighted by atomic mass is 9.95. The highest BCUT2D eigenvalue weighted by Crippen LogP contribution is 2.27. The summed E-state index contributed by atoms with van der Waals surface area (Å²) >= 11 is 1.80. The molecule has 0 aliphatic heterocycles. The third kappa shape index (κ3) is 3.79. The van der Waals surface area contributed by atoms with E-state index in [9.17, 15) is 9.59 Å². The number of nitrogen functional groups attached to an aromatic ring is 1. The molecule has 0 spiro atoms. The molecular formula is C14H21N3O2S. The Morgan fingerprint density at radius 3 is 2.95 bits per heavy atom. The molecule has 1 saturated carbocycles. The Labute approximate surface area is 122 Å². The Balaban J connectivity index is 1.98. The first kappa shape index (κ1) is 15.0. The van der Waals surface area contributed by atoms with E-state index in [0.29, 0.717) is 10.9 Å². The summed E-state index contributed by atoms with van der Waals surface area (Å²) in [6.07, 6.45) is 8.13. The van der Waals surface area contributed by atoms with Crippen LogP contribution in [0.4, 0.5) is 5.69 Å². The fourth-order valence-electron chi connectivity index (χ4n) is 2.62. The van der Waals surface area contributed by atoms with Crippen molar-refractivity contribution in [2.24, 2.45) is 0 Å². The van der Waals surface area contributed by atoms with Gasteiger partial charge in [-0.1, -0.05) is 12.8 Å². The third-order valence-corrected chi connectivity index (χ3v) is 4.84. The molecular weight excluding hydrogens is 274 g/mol. The van der Waals surface area contributed by atoms with Crippen LogP contribution in [0.15, 0.2) is 23.1 Å². The third-order valence-electron chi connectivity index (χ3n) is 3.67. The van der Waals surface area contributed by atoms with Crippen molar-refractivity contribution in [2.45, 2.75) is 43.5 Å². The molecule has 2 unspecified atom stereocenters. The number of hydrogen-bond donors (Lipinski definition) is 2. The van der Waals surface area contributed by atoms with E-state index < -0.39 is 0 Å². The Kier molecular flexibility index (Phi) is 5.11. The van der Waals surface area contributed by atoms with Gasteiger partial charge in [-0.05, 0) is 25.2 Å². The van der Waals surface area contributed by atoms with Crippen LogP contribution in [-0.4, -0.2) is 28.0 Å². The maximum absolute atomic E-state index is 12.1. The number of nitrogens with one attached hydrogen (secondary N) is 1. The topological polar surface area (TPSA) is 77.1 Å². The second-order valence-electron chi connectivity index (χ2n) is 5.16. The van der Waals surface area contributed by atoms with Crippen molar-refractivity contribution in [1.29, 1.82) is 0 Å². The van der Waals surface area contributed by atoms with E-state index in [4.69, 9.17) is 5.73 Å². The molecule has 1 aromatic rings. The number of anilines is 1. The van der Waals surface area contributed by atoms with Crippen LogP contribution in [0.3, 0.4) is 0 Å². The van der Waals surface area contributed by atoms with Crippen molar-refractivity contribution < 1.29 is 4.79 Å². The average molecular weight is 295 g/mol. The molecule has 1 aliphatic carbocycles. The van der Waals surface area contributed by atoms with E-state index in [0.717, 1.165) is 19.3 Å². The van der Waals surface area contributed by atoms with Gasteiger partial charge in [-0.2, -0.15) is 11.8 Å². The van der Waals surface area contributed by atoms with E-state index in [2.05, 4.69) is 11.6 Å². The second kappa shape index (κ2) is 6.83. The van der Waals surface area contributed by atoms with E-state index in [-0.39, 0.29) is 24.1 Å². The number of aromatic nitrogens is 1. The number of pyridine rings is 1. The van der Waals surface area contributed by atoms with Crippen LogP contribution in [0.2, 0.25) is 0 Å². The molecule has 0 saturated heterocycles. The number of thioether (sulfide) groups is 1. The zero-order chi connectivity index (χ0) is 14.5. The smallest absolute Gasteiger partial charge is 0.251 e. The van der Waals surface area contributed by atoms with Crippen LogP contribution in [0, 0.1) is 0 Å². The molecule has 1 heterocycles. The minimum Gasteiger partial charge on any atom is -0.398 e. The van der Waals surface area contributed by atoms with E-state index >= 15 is 0 Å². The highest BCUT2D eigenvalue weighted by Gasteiger charge is 2.25. The number of hydrogen-bond acceptors (Lipinski definition) is 4. The summed E-state index contributed by atoms with van der Waals surface area (Å²) in [7, 11) is 0. The molecule has 1 fully saturated rings. The first-order valence-corrected chi connectivity index (χ1v) is 8.17. The van der Waals surface area contributed by atoms with Gasteiger partial charge in [0.2, 0.25) is 5.91 Å². The van der Waals surface area contributed by atoms with Crippen molar-refractivity contribution in [1.82, 2.24) is 9.88 Å². The van der Waals surface area contributed by atoms with Crippen molar-refractivity contribution in [3.63, 3.8) is 0 Å². The van der Waals surface area contributed by atoms with E-state index in [1.165, 1.54) is 23.3 Å². The zero-order valence-corrected chi connectivity index (χ0v) is 12.5. The monoisotopic (exact) mass is 295 g/mol. The quantitative estimate of drug-likeness (QED) is 0.875. The summed E-state index contributed by atoms with van der Waals surface area (Å²) in [5.41, 5.74) is 5.91. The highest BCUT2D eigenvalue weighted by atomic mass is 32.2. The maximum Gasteiger partial charge on any atom is 0.251 e. The first-order valence-electron chi connectivity index (χ1n) is 6.88. The zero-order valence-electron chi connectivity index (χ0n) is 11.7. The lowest BCUT2D eigenvalue weighted by molar-refractivity contribution is -0.122. The van der Waals surface area contributed by atoms with Gasteiger partial charge in [-0.25, -0.2) is 0 Å². The molecule has 1 aromatic heterocycles. The number of carbonyl (C=O) groups excluding carboxylic acids is 1. The van der Waals surface area contributed by atoms with Gasteiger partial charge in [0.25, 0.3) is 5.56 Å². The molecule has 0 bridgehead atoms. The number of carbonyl (C=O) groups is 1.